The first kappa shape index (κ1) is 18.6. The molecule has 0 spiro atoms. The standard InChI is InChI=1S/C17H19N3O4S2/c1-24-8-6-18-14(21)11-20-13-5-10-26-15(13)16(22)19(17(20)23)7-4-12-3-2-9-25-12/h2-3,5,9-10H,4,6-8,11H2,1H3,(H,18,21). The number of amides is 1. The Morgan fingerprint density at radius 3 is 2.77 bits per heavy atom. The first-order valence-corrected chi connectivity index (χ1v) is 9.86. The molecular formula is C17H19N3O4S2. The minimum atomic E-state index is -0.459. The molecule has 0 aliphatic heterocycles. The second-order valence-corrected chi connectivity index (χ2v) is 7.58. The highest BCUT2D eigenvalue weighted by molar-refractivity contribution is 7.17. The number of nitrogens with zero attached hydrogens (tertiary/aromatic N) is 2. The molecule has 3 aromatic heterocycles. The lowest BCUT2D eigenvalue weighted by molar-refractivity contribution is -0.121. The molecule has 26 heavy (non-hydrogen) atoms. The van der Waals surface area contributed by atoms with E-state index >= 15 is 0 Å². The molecule has 0 saturated carbocycles. The Hall–Kier alpha value is -2.23. The number of hydrogen-bond acceptors (Lipinski definition) is 6. The number of rotatable bonds is 8. The normalized spacial score (nSPS) is 11.1. The molecule has 1 amide bonds. The quantitative estimate of drug-likeness (QED) is 0.585. The van der Waals surface area contributed by atoms with Crippen LogP contribution in [-0.4, -0.2) is 35.3 Å². The van der Waals surface area contributed by atoms with Crippen LogP contribution in [0.3, 0.4) is 0 Å². The molecule has 9 heteroatoms. The second-order valence-electron chi connectivity index (χ2n) is 5.63. The van der Waals surface area contributed by atoms with E-state index in [0.717, 1.165) is 4.88 Å². The van der Waals surface area contributed by atoms with Crippen molar-refractivity contribution in [1.29, 1.82) is 0 Å². The monoisotopic (exact) mass is 393 g/mol. The maximum atomic E-state index is 12.9. The molecule has 0 fully saturated rings. The van der Waals surface area contributed by atoms with E-state index in [2.05, 4.69) is 5.32 Å². The van der Waals surface area contributed by atoms with Crippen LogP contribution in [0.2, 0.25) is 0 Å². The summed E-state index contributed by atoms with van der Waals surface area (Å²) < 4.78 is 7.97. The highest BCUT2D eigenvalue weighted by Crippen LogP contribution is 2.15. The van der Waals surface area contributed by atoms with Gasteiger partial charge in [-0.25, -0.2) is 4.79 Å². The topological polar surface area (TPSA) is 82.3 Å². The van der Waals surface area contributed by atoms with E-state index in [4.69, 9.17) is 4.74 Å². The molecular weight excluding hydrogens is 374 g/mol. The van der Waals surface area contributed by atoms with Crippen molar-refractivity contribution >= 4 is 38.8 Å². The van der Waals surface area contributed by atoms with Gasteiger partial charge in [0.15, 0.2) is 0 Å². The van der Waals surface area contributed by atoms with Crippen LogP contribution < -0.4 is 16.6 Å². The molecule has 138 valence electrons. The Morgan fingerprint density at radius 1 is 1.19 bits per heavy atom. The van der Waals surface area contributed by atoms with E-state index in [9.17, 15) is 14.4 Å². The van der Waals surface area contributed by atoms with E-state index < -0.39 is 5.69 Å². The zero-order chi connectivity index (χ0) is 18.5. The van der Waals surface area contributed by atoms with Crippen molar-refractivity contribution in [3.8, 4) is 0 Å². The van der Waals surface area contributed by atoms with Crippen LogP contribution in [0.4, 0.5) is 0 Å². The molecule has 0 unspecified atom stereocenters. The first-order valence-electron chi connectivity index (χ1n) is 8.10. The number of nitrogens with one attached hydrogen (secondary N) is 1. The number of fused-ring (bicyclic) bond motifs is 1. The summed E-state index contributed by atoms with van der Waals surface area (Å²) in [5, 5.41) is 6.42. The van der Waals surface area contributed by atoms with Gasteiger partial charge in [-0.05, 0) is 29.3 Å². The first-order chi connectivity index (χ1) is 12.6. The van der Waals surface area contributed by atoms with Gasteiger partial charge in [0, 0.05) is 25.1 Å². The largest absolute Gasteiger partial charge is 0.383 e. The van der Waals surface area contributed by atoms with Crippen LogP contribution >= 0.6 is 22.7 Å². The van der Waals surface area contributed by atoms with Crippen molar-refractivity contribution in [2.24, 2.45) is 0 Å². The van der Waals surface area contributed by atoms with Crippen molar-refractivity contribution in [2.45, 2.75) is 19.5 Å². The fraction of sp³-hybridized carbons (Fsp3) is 0.353. The molecule has 3 aromatic rings. The van der Waals surface area contributed by atoms with E-state index in [1.54, 1.807) is 29.9 Å². The van der Waals surface area contributed by atoms with Crippen molar-refractivity contribution in [1.82, 2.24) is 14.5 Å². The summed E-state index contributed by atoms with van der Waals surface area (Å²) in [4.78, 5) is 38.8. The van der Waals surface area contributed by atoms with Gasteiger partial charge in [-0.2, -0.15) is 0 Å². The van der Waals surface area contributed by atoms with Crippen LogP contribution in [0, 0.1) is 0 Å². The predicted octanol–water partition coefficient (Wildman–Crippen LogP) is 1.29. The van der Waals surface area contributed by atoms with Gasteiger partial charge in [-0.15, -0.1) is 22.7 Å². The SMILES string of the molecule is COCCNC(=O)Cn1c(=O)n(CCc2cccs2)c(=O)c2sccc21. The Morgan fingerprint density at radius 2 is 2.04 bits per heavy atom. The molecule has 0 saturated heterocycles. The van der Waals surface area contributed by atoms with Crippen LogP contribution in [0.15, 0.2) is 38.5 Å². The van der Waals surface area contributed by atoms with Gasteiger partial charge in [0.2, 0.25) is 5.91 Å². The summed E-state index contributed by atoms with van der Waals surface area (Å²) in [6.07, 6.45) is 0.601. The summed E-state index contributed by atoms with van der Waals surface area (Å²) in [6.45, 7) is 0.927. The third kappa shape index (κ3) is 3.95. The number of ether oxygens (including phenoxy) is 1. The number of carbonyl (C=O) groups is 1. The summed E-state index contributed by atoms with van der Waals surface area (Å²) in [6, 6.07) is 5.61. The Balaban J connectivity index is 1.91. The molecule has 0 aliphatic rings. The molecule has 3 heterocycles. The third-order valence-electron chi connectivity index (χ3n) is 3.93. The number of methoxy groups -OCH3 is 1. The maximum Gasteiger partial charge on any atom is 0.332 e. The lowest BCUT2D eigenvalue weighted by atomic mass is 10.3. The Labute approximate surface area is 157 Å². The van der Waals surface area contributed by atoms with Crippen LogP contribution in [0.5, 0.6) is 0 Å². The van der Waals surface area contributed by atoms with Crippen LogP contribution in [0.25, 0.3) is 10.2 Å². The number of carbonyl (C=O) groups excluding carboxylic acids is 1. The van der Waals surface area contributed by atoms with Crippen molar-refractivity contribution in [3.63, 3.8) is 0 Å². The summed E-state index contributed by atoms with van der Waals surface area (Å²) in [7, 11) is 1.55. The van der Waals surface area contributed by atoms with Gasteiger partial charge >= 0.3 is 5.69 Å². The molecule has 1 N–H and O–H groups in total. The van der Waals surface area contributed by atoms with E-state index in [1.165, 1.54) is 20.5 Å². The van der Waals surface area contributed by atoms with Gasteiger partial charge in [-0.1, -0.05) is 6.07 Å². The molecule has 3 rings (SSSR count). The fourth-order valence-electron chi connectivity index (χ4n) is 2.65. The summed E-state index contributed by atoms with van der Waals surface area (Å²) in [5.74, 6) is -0.292. The summed E-state index contributed by atoms with van der Waals surface area (Å²) >= 11 is 2.87. The molecule has 7 nitrogen and oxygen atoms in total. The second kappa shape index (κ2) is 8.43. The highest BCUT2D eigenvalue weighted by Gasteiger charge is 2.16. The van der Waals surface area contributed by atoms with Gasteiger partial charge in [0.25, 0.3) is 5.56 Å². The van der Waals surface area contributed by atoms with Crippen molar-refractivity contribution in [2.75, 3.05) is 20.3 Å². The Kier molecular flexibility index (Phi) is 6.02. The van der Waals surface area contributed by atoms with Gasteiger partial charge in [0.1, 0.15) is 11.2 Å². The van der Waals surface area contributed by atoms with Gasteiger partial charge in [-0.3, -0.25) is 18.7 Å². The maximum absolute atomic E-state index is 12.9. The number of thiophene rings is 2. The smallest absolute Gasteiger partial charge is 0.332 e. The highest BCUT2D eigenvalue weighted by atomic mass is 32.1. The average molecular weight is 393 g/mol. The molecule has 0 radical (unpaired) electrons. The number of aromatic nitrogens is 2. The summed E-state index contributed by atoms with van der Waals surface area (Å²) in [5.41, 5.74) is -0.258. The van der Waals surface area contributed by atoms with E-state index in [0.29, 0.717) is 29.8 Å². The molecule has 0 bridgehead atoms. The molecule has 0 aromatic carbocycles. The van der Waals surface area contributed by atoms with Gasteiger partial charge < -0.3 is 10.1 Å². The molecule has 0 atom stereocenters. The van der Waals surface area contributed by atoms with E-state index in [1.807, 2.05) is 17.5 Å². The van der Waals surface area contributed by atoms with Crippen LogP contribution in [-0.2, 0) is 29.0 Å². The number of hydrogen-bond donors (Lipinski definition) is 1. The van der Waals surface area contributed by atoms with Crippen LogP contribution in [0.1, 0.15) is 4.88 Å². The zero-order valence-corrected chi connectivity index (χ0v) is 15.9. The third-order valence-corrected chi connectivity index (χ3v) is 5.76. The Bertz CT molecular complexity index is 1000. The predicted molar refractivity (Wildman–Crippen MR) is 103 cm³/mol. The molecule has 0 aliphatic carbocycles. The van der Waals surface area contributed by atoms with E-state index in [-0.39, 0.29) is 24.6 Å². The van der Waals surface area contributed by atoms with Gasteiger partial charge in [0.05, 0.1) is 12.1 Å². The fourth-order valence-corrected chi connectivity index (χ4v) is 4.19. The van der Waals surface area contributed by atoms with Crippen molar-refractivity contribution in [3.05, 3.63) is 54.7 Å². The van der Waals surface area contributed by atoms with Crippen molar-refractivity contribution < 1.29 is 9.53 Å². The number of aryl methyl sites for hydroxylation is 1. The lowest BCUT2D eigenvalue weighted by Gasteiger charge is -2.12. The average Bonchev–Trinajstić information content (AvgIpc) is 3.30. The lowest BCUT2D eigenvalue weighted by Crippen LogP contribution is -2.42. The minimum Gasteiger partial charge on any atom is -0.383 e. The zero-order valence-electron chi connectivity index (χ0n) is 14.3. The minimum absolute atomic E-state index is 0.130.